The second-order valence-electron chi connectivity index (χ2n) is 7.19. The lowest BCUT2D eigenvalue weighted by atomic mass is 10.1. The molecule has 0 spiro atoms. The number of fused-ring (bicyclic) bond motifs is 1. The molecule has 3 aromatic heterocycles. The van der Waals surface area contributed by atoms with E-state index < -0.39 is 5.82 Å². The maximum atomic E-state index is 14.5. The quantitative estimate of drug-likeness (QED) is 0.513. The van der Waals surface area contributed by atoms with Crippen LogP contribution < -0.4 is 10.1 Å². The Hall–Kier alpha value is -3.93. The van der Waals surface area contributed by atoms with E-state index in [0.29, 0.717) is 41.3 Å². The summed E-state index contributed by atoms with van der Waals surface area (Å²) in [7, 11) is 3.42. The van der Waals surface area contributed by atoms with Gasteiger partial charge < -0.3 is 14.6 Å². The lowest BCUT2D eigenvalue weighted by molar-refractivity contribution is 0.419. The largest absolute Gasteiger partial charge is 0.496 e. The number of hydrogen-bond acceptors (Lipinski definition) is 6. The van der Waals surface area contributed by atoms with Crippen molar-refractivity contribution in [2.75, 3.05) is 19.0 Å². The molecule has 4 aromatic rings. The van der Waals surface area contributed by atoms with Crippen molar-refractivity contribution in [2.45, 2.75) is 20.4 Å². The SMILES string of the molecule is COc1ccc(F)c2c1cc(C#N)n2CCNc1cc(-c2c(C)nn(C)c2C)ncn1. The molecular weight excluding hydrogens is 397 g/mol. The zero-order valence-electron chi connectivity index (χ0n) is 17.8. The number of halogens is 1. The van der Waals surface area contributed by atoms with Crippen molar-refractivity contribution in [3.8, 4) is 23.1 Å². The fourth-order valence-corrected chi connectivity index (χ4v) is 3.85. The van der Waals surface area contributed by atoms with Crippen molar-refractivity contribution in [3.63, 3.8) is 0 Å². The number of aromatic nitrogens is 5. The molecule has 0 bridgehead atoms. The highest BCUT2D eigenvalue weighted by atomic mass is 19.1. The minimum absolute atomic E-state index is 0.350. The van der Waals surface area contributed by atoms with Crippen LogP contribution in [0.3, 0.4) is 0 Å². The standard InChI is InChI=1S/C22H22FN7O/c1-13-21(14(2)29(3)28-13)18-10-20(27-12-26-18)25-7-8-30-15(11-24)9-16-19(31-4)6-5-17(23)22(16)30/h5-6,9-10,12H,7-8H2,1-4H3,(H,25,26,27). The first kappa shape index (κ1) is 20.3. The van der Waals surface area contributed by atoms with Crippen LogP contribution in [0.5, 0.6) is 5.75 Å². The molecule has 0 aliphatic carbocycles. The number of benzene rings is 1. The van der Waals surface area contributed by atoms with Gasteiger partial charge in [-0.3, -0.25) is 4.68 Å². The Bertz CT molecular complexity index is 1320. The lowest BCUT2D eigenvalue weighted by Crippen LogP contribution is -2.13. The average molecular weight is 419 g/mol. The molecule has 8 nitrogen and oxygen atoms in total. The molecule has 0 aliphatic rings. The molecule has 0 fully saturated rings. The van der Waals surface area contributed by atoms with Gasteiger partial charge in [0.25, 0.3) is 0 Å². The molecule has 0 atom stereocenters. The molecule has 0 saturated heterocycles. The van der Waals surface area contributed by atoms with Gasteiger partial charge in [0.15, 0.2) is 0 Å². The minimum atomic E-state index is -0.399. The second kappa shape index (κ2) is 8.07. The van der Waals surface area contributed by atoms with Gasteiger partial charge in [0, 0.05) is 42.8 Å². The van der Waals surface area contributed by atoms with E-state index >= 15 is 0 Å². The summed E-state index contributed by atoms with van der Waals surface area (Å²) < 4.78 is 23.3. The molecule has 158 valence electrons. The van der Waals surface area contributed by atoms with E-state index in [4.69, 9.17) is 4.74 Å². The highest BCUT2D eigenvalue weighted by Crippen LogP contribution is 2.31. The van der Waals surface area contributed by atoms with E-state index in [9.17, 15) is 9.65 Å². The predicted octanol–water partition coefficient (Wildman–Crippen LogP) is 3.58. The van der Waals surface area contributed by atoms with Crippen LogP contribution >= 0.6 is 0 Å². The Morgan fingerprint density at radius 1 is 1.23 bits per heavy atom. The molecule has 4 rings (SSSR count). The third-order valence-corrected chi connectivity index (χ3v) is 5.38. The molecule has 9 heteroatoms. The fraction of sp³-hybridized carbons (Fsp3) is 0.273. The molecule has 1 aromatic carbocycles. The van der Waals surface area contributed by atoms with Crippen LogP contribution in [-0.4, -0.2) is 38.0 Å². The number of nitriles is 1. The Balaban J connectivity index is 1.58. The molecule has 31 heavy (non-hydrogen) atoms. The Morgan fingerprint density at radius 3 is 2.71 bits per heavy atom. The van der Waals surface area contributed by atoms with Crippen LogP contribution in [0.2, 0.25) is 0 Å². The smallest absolute Gasteiger partial charge is 0.147 e. The Kier molecular flexibility index (Phi) is 5.29. The number of ether oxygens (including phenoxy) is 1. The number of hydrogen-bond donors (Lipinski definition) is 1. The first-order chi connectivity index (χ1) is 14.9. The maximum absolute atomic E-state index is 14.5. The van der Waals surface area contributed by atoms with Crippen molar-refractivity contribution < 1.29 is 9.13 Å². The molecule has 0 amide bonds. The van der Waals surface area contributed by atoms with E-state index in [0.717, 1.165) is 22.6 Å². The van der Waals surface area contributed by atoms with Crippen molar-refractivity contribution in [2.24, 2.45) is 7.05 Å². The molecule has 0 aliphatic heterocycles. The van der Waals surface area contributed by atoms with Crippen LogP contribution in [0, 0.1) is 31.0 Å². The van der Waals surface area contributed by atoms with Crippen LogP contribution in [0.4, 0.5) is 10.2 Å². The van der Waals surface area contributed by atoms with Gasteiger partial charge in [-0.05, 0) is 32.0 Å². The van der Waals surface area contributed by atoms with E-state index in [-0.39, 0.29) is 0 Å². The first-order valence-corrected chi connectivity index (χ1v) is 9.77. The number of anilines is 1. The van der Waals surface area contributed by atoms with Gasteiger partial charge >= 0.3 is 0 Å². The van der Waals surface area contributed by atoms with Gasteiger partial charge in [-0.25, -0.2) is 14.4 Å². The zero-order chi connectivity index (χ0) is 22.1. The van der Waals surface area contributed by atoms with Gasteiger partial charge in [0.05, 0.1) is 24.0 Å². The number of methoxy groups -OCH3 is 1. The Morgan fingerprint density at radius 2 is 2.03 bits per heavy atom. The normalized spacial score (nSPS) is 11.0. The summed E-state index contributed by atoms with van der Waals surface area (Å²) in [6, 6.07) is 8.55. The number of rotatable bonds is 6. The number of nitrogens with zero attached hydrogens (tertiary/aromatic N) is 6. The molecule has 0 radical (unpaired) electrons. The first-order valence-electron chi connectivity index (χ1n) is 9.77. The van der Waals surface area contributed by atoms with Crippen LogP contribution in [-0.2, 0) is 13.6 Å². The van der Waals surface area contributed by atoms with E-state index in [2.05, 4.69) is 26.5 Å². The number of aryl methyl sites for hydroxylation is 2. The summed E-state index contributed by atoms with van der Waals surface area (Å²) >= 11 is 0. The highest BCUT2D eigenvalue weighted by molar-refractivity contribution is 5.88. The third kappa shape index (κ3) is 3.57. The third-order valence-electron chi connectivity index (χ3n) is 5.38. The average Bonchev–Trinajstić information content (AvgIpc) is 3.25. The van der Waals surface area contributed by atoms with Gasteiger partial charge in [0.1, 0.15) is 35.5 Å². The van der Waals surface area contributed by atoms with Crippen molar-refractivity contribution in [1.29, 1.82) is 5.26 Å². The highest BCUT2D eigenvalue weighted by Gasteiger charge is 2.17. The summed E-state index contributed by atoms with van der Waals surface area (Å²) in [5, 5.41) is 17.8. The zero-order valence-corrected chi connectivity index (χ0v) is 17.8. The summed E-state index contributed by atoms with van der Waals surface area (Å²) in [4.78, 5) is 8.67. The van der Waals surface area contributed by atoms with Gasteiger partial charge in [-0.15, -0.1) is 0 Å². The van der Waals surface area contributed by atoms with E-state index in [1.807, 2.05) is 31.6 Å². The summed E-state index contributed by atoms with van der Waals surface area (Å²) in [6.07, 6.45) is 1.50. The summed E-state index contributed by atoms with van der Waals surface area (Å²) in [5.74, 6) is 0.770. The Labute approximate surface area is 178 Å². The van der Waals surface area contributed by atoms with Gasteiger partial charge in [-0.2, -0.15) is 10.4 Å². The van der Waals surface area contributed by atoms with Gasteiger partial charge in [0.2, 0.25) is 0 Å². The fourth-order valence-electron chi connectivity index (χ4n) is 3.85. The van der Waals surface area contributed by atoms with Crippen molar-refractivity contribution in [3.05, 3.63) is 53.5 Å². The summed E-state index contributed by atoms with van der Waals surface area (Å²) in [5.41, 5.74) is 4.38. The van der Waals surface area contributed by atoms with Crippen molar-refractivity contribution >= 4 is 16.7 Å². The molecule has 1 N–H and O–H groups in total. The van der Waals surface area contributed by atoms with Crippen molar-refractivity contribution in [1.82, 2.24) is 24.3 Å². The van der Waals surface area contributed by atoms with Gasteiger partial charge in [-0.1, -0.05) is 0 Å². The predicted molar refractivity (Wildman–Crippen MR) is 115 cm³/mol. The monoisotopic (exact) mass is 419 g/mol. The molecular formula is C22H22FN7O. The molecule has 3 heterocycles. The van der Waals surface area contributed by atoms with E-state index in [1.54, 1.807) is 16.7 Å². The maximum Gasteiger partial charge on any atom is 0.147 e. The molecule has 0 unspecified atom stereocenters. The van der Waals surface area contributed by atoms with Crippen LogP contribution in [0.1, 0.15) is 17.1 Å². The van der Waals surface area contributed by atoms with Crippen LogP contribution in [0.25, 0.3) is 22.2 Å². The topological polar surface area (TPSA) is 93.6 Å². The minimum Gasteiger partial charge on any atom is -0.496 e. The number of nitrogens with one attached hydrogen (secondary N) is 1. The summed E-state index contributed by atoms with van der Waals surface area (Å²) in [6.45, 7) is 4.76. The second-order valence-corrected chi connectivity index (χ2v) is 7.19. The van der Waals surface area contributed by atoms with Crippen LogP contribution in [0.15, 0.2) is 30.6 Å². The molecule has 0 saturated carbocycles. The van der Waals surface area contributed by atoms with E-state index in [1.165, 1.54) is 19.5 Å². The lowest BCUT2D eigenvalue weighted by Gasteiger charge is -2.11.